The van der Waals surface area contributed by atoms with E-state index in [1.165, 1.54) is 37.7 Å². The molecule has 5 aliphatic rings. The Bertz CT molecular complexity index is 1160. The molecule has 1 aromatic carbocycles. The zero-order chi connectivity index (χ0) is 25.1. The van der Waals surface area contributed by atoms with Crippen molar-refractivity contribution in [3.8, 4) is 0 Å². The molecule has 1 N–H and O–H groups in total. The van der Waals surface area contributed by atoms with E-state index in [-0.39, 0.29) is 29.3 Å². The first-order chi connectivity index (χ1) is 17.2. The van der Waals surface area contributed by atoms with Crippen LogP contribution in [0.1, 0.15) is 72.1 Å². The summed E-state index contributed by atoms with van der Waals surface area (Å²) in [5.41, 5.74) is 1.03. The third-order valence-corrected chi connectivity index (χ3v) is 8.71. The fourth-order valence-corrected chi connectivity index (χ4v) is 7.64. The average Bonchev–Trinajstić information content (AvgIpc) is 2.82. The molecule has 0 radical (unpaired) electrons. The fourth-order valence-electron chi connectivity index (χ4n) is 7.64. The maximum atomic E-state index is 13.1. The number of benzene rings is 1. The Hall–Kier alpha value is -2.97. The van der Waals surface area contributed by atoms with Crippen molar-refractivity contribution < 1.29 is 22.8 Å². The second-order valence-electron chi connectivity index (χ2n) is 11.3. The molecule has 4 bridgehead atoms. The number of rotatable bonds is 4. The minimum atomic E-state index is -4.45. The quantitative estimate of drug-likeness (QED) is 0.626. The lowest BCUT2D eigenvalue weighted by molar-refractivity contribution is -0.137. The van der Waals surface area contributed by atoms with Gasteiger partial charge in [-0.3, -0.25) is 9.59 Å². The third kappa shape index (κ3) is 4.37. The van der Waals surface area contributed by atoms with Crippen LogP contribution in [0.2, 0.25) is 0 Å². The minimum absolute atomic E-state index is 0.00103. The van der Waals surface area contributed by atoms with E-state index in [0.29, 0.717) is 30.9 Å². The highest BCUT2D eigenvalue weighted by atomic mass is 19.4. The minimum Gasteiger partial charge on any atom is -0.332 e. The van der Waals surface area contributed by atoms with Crippen molar-refractivity contribution in [2.45, 2.75) is 64.1 Å². The second-order valence-corrected chi connectivity index (χ2v) is 11.3. The van der Waals surface area contributed by atoms with Gasteiger partial charge in [0.05, 0.1) is 17.8 Å². The van der Waals surface area contributed by atoms with Crippen LogP contribution in [-0.2, 0) is 23.9 Å². The van der Waals surface area contributed by atoms with Gasteiger partial charge < -0.3 is 10.2 Å². The number of hydrogen-bond acceptors (Lipinski definition) is 4. The number of anilines is 1. The van der Waals surface area contributed by atoms with Gasteiger partial charge in [0.1, 0.15) is 12.1 Å². The molecule has 0 saturated heterocycles. The molecule has 0 atom stereocenters. The molecule has 190 valence electrons. The Labute approximate surface area is 207 Å². The highest BCUT2D eigenvalue weighted by Crippen LogP contribution is 2.61. The number of alkyl halides is 3. The van der Waals surface area contributed by atoms with Gasteiger partial charge in [0, 0.05) is 24.1 Å². The Kier molecular flexibility index (Phi) is 5.57. The lowest BCUT2D eigenvalue weighted by Crippen LogP contribution is -2.47. The van der Waals surface area contributed by atoms with Crippen LogP contribution in [0.5, 0.6) is 0 Å². The van der Waals surface area contributed by atoms with Crippen LogP contribution in [0, 0.1) is 23.2 Å². The highest BCUT2D eigenvalue weighted by Gasteiger charge is 2.51. The van der Waals surface area contributed by atoms with Gasteiger partial charge in [-0.15, -0.1) is 0 Å². The molecule has 4 aliphatic carbocycles. The summed E-state index contributed by atoms with van der Waals surface area (Å²) in [4.78, 5) is 36.3. The van der Waals surface area contributed by atoms with Crippen molar-refractivity contribution in [3.63, 3.8) is 0 Å². The van der Waals surface area contributed by atoms with E-state index in [1.807, 2.05) is 0 Å². The summed E-state index contributed by atoms with van der Waals surface area (Å²) >= 11 is 0. The summed E-state index contributed by atoms with van der Waals surface area (Å²) in [6, 6.07) is 4.25. The molecule has 2 heterocycles. The van der Waals surface area contributed by atoms with Crippen LogP contribution in [0.3, 0.4) is 0 Å². The van der Waals surface area contributed by atoms with Gasteiger partial charge in [-0.05, 0) is 92.4 Å². The van der Waals surface area contributed by atoms with E-state index in [1.54, 1.807) is 4.90 Å². The Balaban J connectivity index is 1.12. The molecule has 4 saturated carbocycles. The highest BCUT2D eigenvalue weighted by molar-refractivity contribution is 5.94. The van der Waals surface area contributed by atoms with Crippen LogP contribution < -0.4 is 5.32 Å². The number of nitrogens with one attached hydrogen (secondary N) is 1. The molecule has 9 heteroatoms. The van der Waals surface area contributed by atoms with Crippen LogP contribution >= 0.6 is 0 Å². The monoisotopic (exact) mass is 498 g/mol. The molecule has 1 aliphatic heterocycles. The van der Waals surface area contributed by atoms with Crippen molar-refractivity contribution in [2.24, 2.45) is 23.2 Å². The van der Waals surface area contributed by atoms with Crippen molar-refractivity contribution in [3.05, 3.63) is 53.0 Å². The predicted molar refractivity (Wildman–Crippen MR) is 126 cm³/mol. The Morgan fingerprint density at radius 2 is 1.64 bits per heavy atom. The number of amides is 2. The second kappa shape index (κ2) is 8.56. The number of carbonyl (C=O) groups is 2. The molecule has 7 rings (SSSR count). The summed E-state index contributed by atoms with van der Waals surface area (Å²) in [6.07, 6.45) is 5.44. The van der Waals surface area contributed by atoms with Gasteiger partial charge in [-0.25, -0.2) is 9.97 Å². The van der Waals surface area contributed by atoms with Crippen molar-refractivity contribution >= 4 is 17.6 Å². The summed E-state index contributed by atoms with van der Waals surface area (Å²) < 4.78 is 38.5. The fraction of sp³-hybridized carbons (Fsp3) is 0.556. The Morgan fingerprint density at radius 1 is 1.00 bits per heavy atom. The molecule has 0 spiro atoms. The summed E-state index contributed by atoms with van der Waals surface area (Å²) in [5.74, 6) is 2.51. The van der Waals surface area contributed by atoms with Crippen molar-refractivity contribution in [2.75, 3.05) is 11.9 Å². The van der Waals surface area contributed by atoms with E-state index in [2.05, 4.69) is 15.3 Å². The molecular weight excluding hydrogens is 469 g/mol. The first-order valence-electron chi connectivity index (χ1n) is 12.8. The van der Waals surface area contributed by atoms with Crippen LogP contribution in [0.15, 0.2) is 30.6 Å². The van der Waals surface area contributed by atoms with Crippen molar-refractivity contribution in [1.82, 2.24) is 14.9 Å². The van der Waals surface area contributed by atoms with Gasteiger partial charge in [0.15, 0.2) is 0 Å². The molecule has 6 nitrogen and oxygen atoms in total. The molecule has 1 aromatic heterocycles. The van der Waals surface area contributed by atoms with Gasteiger partial charge in [-0.2, -0.15) is 13.2 Å². The summed E-state index contributed by atoms with van der Waals surface area (Å²) in [6.45, 7) is 0.591. The molecule has 2 aromatic rings. The van der Waals surface area contributed by atoms with Crippen LogP contribution in [-0.4, -0.2) is 33.2 Å². The Morgan fingerprint density at radius 3 is 2.25 bits per heavy atom. The van der Waals surface area contributed by atoms with Gasteiger partial charge in [0.25, 0.3) is 5.91 Å². The zero-order valence-corrected chi connectivity index (χ0v) is 20.0. The topological polar surface area (TPSA) is 75.2 Å². The van der Waals surface area contributed by atoms with Crippen LogP contribution in [0.25, 0.3) is 0 Å². The van der Waals surface area contributed by atoms with E-state index >= 15 is 0 Å². The average molecular weight is 499 g/mol. The molecule has 2 amide bonds. The third-order valence-electron chi connectivity index (χ3n) is 8.71. The number of carbonyl (C=O) groups excluding carboxylic acids is 2. The summed E-state index contributed by atoms with van der Waals surface area (Å²) in [7, 11) is 0. The lowest BCUT2D eigenvalue weighted by atomic mass is 9.49. The lowest BCUT2D eigenvalue weighted by Gasteiger charge is -2.56. The molecule has 36 heavy (non-hydrogen) atoms. The first-order valence-corrected chi connectivity index (χ1v) is 12.8. The van der Waals surface area contributed by atoms with E-state index in [0.717, 1.165) is 54.7 Å². The molecule has 4 fully saturated rings. The number of hydrogen-bond donors (Lipinski definition) is 1. The largest absolute Gasteiger partial charge is 0.416 e. The van der Waals surface area contributed by atoms with E-state index in [9.17, 15) is 22.8 Å². The predicted octanol–water partition coefficient (Wildman–Crippen LogP) is 5.24. The maximum Gasteiger partial charge on any atom is 0.416 e. The number of nitrogens with zero attached hydrogens (tertiary/aromatic N) is 3. The van der Waals surface area contributed by atoms with Gasteiger partial charge >= 0.3 is 6.18 Å². The smallest absolute Gasteiger partial charge is 0.332 e. The SMILES string of the molecule is O=C(CC12CC3CC(CC(C3)C1)C2)Nc1ncnc2c1CCN(C(=O)c1ccc(C(F)(F)F)cc1)C2. The number of aromatic nitrogens is 2. The van der Waals surface area contributed by atoms with Gasteiger partial charge in [-0.1, -0.05) is 0 Å². The van der Waals surface area contributed by atoms with Gasteiger partial charge in [0.2, 0.25) is 5.91 Å². The van der Waals surface area contributed by atoms with Crippen molar-refractivity contribution in [1.29, 1.82) is 0 Å². The standard InChI is InChI=1S/C27H29F3N4O2/c28-27(29,30)20-3-1-19(2-4-20)25(36)34-6-5-21-22(14-34)31-15-32-24(21)33-23(35)13-26-10-16-7-17(11-26)9-18(8-16)12-26/h1-4,15-18H,5-14H2,(H,31,32,33,35). The maximum absolute atomic E-state index is 13.1. The van der Waals surface area contributed by atoms with E-state index in [4.69, 9.17) is 0 Å². The number of halogens is 3. The first kappa shape index (κ1) is 23.4. The zero-order valence-electron chi connectivity index (χ0n) is 20.0. The van der Waals surface area contributed by atoms with Crippen LogP contribution in [0.4, 0.5) is 19.0 Å². The molecule has 0 unspecified atom stereocenters. The molecular formula is C27H29F3N4O2. The normalized spacial score (nSPS) is 28.6. The number of fused-ring (bicyclic) bond motifs is 1. The van der Waals surface area contributed by atoms with E-state index < -0.39 is 11.7 Å². The summed E-state index contributed by atoms with van der Waals surface area (Å²) in [5, 5.41) is 3.04.